The van der Waals surface area contributed by atoms with Crippen LogP contribution in [0.15, 0.2) is 0 Å². The molecule has 0 unspecified atom stereocenters. The second-order valence-corrected chi connectivity index (χ2v) is 7.48. The summed E-state index contributed by atoms with van der Waals surface area (Å²) >= 11 is 1.71. The van der Waals surface area contributed by atoms with Gasteiger partial charge in [-0.15, -0.1) is 11.8 Å². The van der Waals surface area contributed by atoms with Crippen molar-refractivity contribution >= 4 is 17.7 Å². The fourth-order valence-corrected chi connectivity index (χ4v) is 2.59. The molecule has 1 heterocycles. The summed E-state index contributed by atoms with van der Waals surface area (Å²) in [4.78, 5) is 14.2. The molecule has 0 saturated carbocycles. The zero-order valence-corrected chi connectivity index (χ0v) is 12.4. The largest absolute Gasteiger partial charge is 0.353 e. The average Bonchev–Trinajstić information content (AvgIpc) is 2.27. The van der Waals surface area contributed by atoms with Crippen molar-refractivity contribution in [3.63, 3.8) is 0 Å². The number of hydrogen-bond acceptors (Lipinski definition) is 3. The van der Waals surface area contributed by atoms with E-state index in [1.165, 1.54) is 0 Å². The van der Waals surface area contributed by atoms with Gasteiger partial charge in [-0.25, -0.2) is 0 Å². The predicted molar refractivity (Wildman–Crippen MR) is 75.5 cm³/mol. The number of piperidine rings is 1. The molecule has 3 nitrogen and oxygen atoms in total. The van der Waals surface area contributed by atoms with Gasteiger partial charge >= 0.3 is 0 Å². The lowest BCUT2D eigenvalue weighted by Crippen LogP contribution is -2.45. The quantitative estimate of drug-likeness (QED) is 0.838. The first-order chi connectivity index (χ1) is 7.90. The summed E-state index contributed by atoms with van der Waals surface area (Å²) in [6, 6.07) is 0.394. The van der Waals surface area contributed by atoms with Gasteiger partial charge in [0.2, 0.25) is 5.91 Å². The molecular formula is C13H26N2OS. The highest BCUT2D eigenvalue weighted by Crippen LogP contribution is 2.22. The van der Waals surface area contributed by atoms with Crippen molar-refractivity contribution in [2.75, 3.05) is 25.4 Å². The van der Waals surface area contributed by atoms with Crippen LogP contribution in [0.1, 0.15) is 40.5 Å². The van der Waals surface area contributed by atoms with E-state index in [4.69, 9.17) is 0 Å². The number of thioether (sulfide) groups is 1. The summed E-state index contributed by atoms with van der Waals surface area (Å²) in [6.07, 6.45) is 2.19. The number of likely N-dealkylation sites (tertiary alicyclic amines) is 1. The Balaban J connectivity index is 2.19. The molecule has 0 atom stereocenters. The summed E-state index contributed by atoms with van der Waals surface area (Å²) in [6.45, 7) is 12.0. The van der Waals surface area contributed by atoms with Crippen molar-refractivity contribution in [3.05, 3.63) is 0 Å². The van der Waals surface area contributed by atoms with Crippen LogP contribution in [0.2, 0.25) is 0 Å². The molecule has 0 aromatic rings. The third kappa shape index (κ3) is 6.32. The van der Waals surface area contributed by atoms with E-state index in [2.05, 4.69) is 37.9 Å². The van der Waals surface area contributed by atoms with Crippen LogP contribution in [0.25, 0.3) is 0 Å². The van der Waals surface area contributed by atoms with E-state index < -0.39 is 0 Å². The Morgan fingerprint density at radius 2 is 1.94 bits per heavy atom. The van der Waals surface area contributed by atoms with E-state index in [0.717, 1.165) is 32.5 Å². The maximum atomic E-state index is 11.8. The first kappa shape index (κ1) is 14.8. The molecule has 0 aromatic carbocycles. The molecular weight excluding hydrogens is 232 g/mol. The minimum atomic E-state index is 0.170. The van der Waals surface area contributed by atoms with Gasteiger partial charge in [0, 0.05) is 23.9 Å². The molecule has 100 valence electrons. The average molecular weight is 258 g/mol. The number of rotatable bonds is 4. The molecule has 1 N–H and O–H groups in total. The third-order valence-electron chi connectivity index (χ3n) is 3.04. The Kier molecular flexibility index (Phi) is 5.80. The van der Waals surface area contributed by atoms with E-state index in [-0.39, 0.29) is 10.7 Å². The van der Waals surface area contributed by atoms with Gasteiger partial charge in [0.1, 0.15) is 0 Å². The highest BCUT2D eigenvalue weighted by Gasteiger charge is 2.20. The number of nitrogens with zero attached hydrogens (tertiary/aromatic N) is 1. The van der Waals surface area contributed by atoms with Crippen molar-refractivity contribution in [1.82, 2.24) is 10.2 Å². The zero-order chi connectivity index (χ0) is 12.9. The highest BCUT2D eigenvalue weighted by atomic mass is 32.2. The Morgan fingerprint density at radius 1 is 1.35 bits per heavy atom. The Hall–Kier alpha value is -0.220. The Labute approximate surface area is 110 Å². The van der Waals surface area contributed by atoms with Crippen LogP contribution < -0.4 is 5.32 Å². The highest BCUT2D eigenvalue weighted by molar-refractivity contribution is 8.01. The van der Waals surface area contributed by atoms with Gasteiger partial charge in [0.25, 0.3) is 0 Å². The van der Waals surface area contributed by atoms with E-state index in [9.17, 15) is 4.79 Å². The molecule has 1 saturated heterocycles. The second-order valence-electron chi connectivity index (χ2n) is 5.68. The number of carbonyl (C=O) groups is 1. The number of hydrogen-bond donors (Lipinski definition) is 1. The van der Waals surface area contributed by atoms with Gasteiger partial charge in [-0.05, 0) is 19.4 Å². The minimum Gasteiger partial charge on any atom is -0.353 e. The summed E-state index contributed by atoms with van der Waals surface area (Å²) in [5, 5.41) is 3.15. The van der Waals surface area contributed by atoms with Crippen LogP contribution in [0, 0.1) is 0 Å². The third-order valence-corrected chi connectivity index (χ3v) is 4.31. The fourth-order valence-electron chi connectivity index (χ4n) is 1.94. The topological polar surface area (TPSA) is 32.3 Å². The number of carbonyl (C=O) groups excluding carboxylic acids is 1. The van der Waals surface area contributed by atoms with Gasteiger partial charge in [0.15, 0.2) is 0 Å². The van der Waals surface area contributed by atoms with Crippen molar-refractivity contribution in [2.24, 2.45) is 0 Å². The van der Waals surface area contributed by atoms with Gasteiger partial charge in [-0.1, -0.05) is 27.7 Å². The molecule has 17 heavy (non-hydrogen) atoms. The van der Waals surface area contributed by atoms with Crippen LogP contribution in [0.5, 0.6) is 0 Å². The van der Waals surface area contributed by atoms with E-state index in [1.807, 2.05) is 0 Å². The molecule has 1 aliphatic heterocycles. The summed E-state index contributed by atoms with van der Waals surface area (Å²) in [7, 11) is 0. The molecule has 0 aromatic heterocycles. The van der Waals surface area contributed by atoms with E-state index in [1.54, 1.807) is 11.8 Å². The van der Waals surface area contributed by atoms with Crippen molar-refractivity contribution < 1.29 is 4.79 Å². The van der Waals surface area contributed by atoms with Gasteiger partial charge in [-0.2, -0.15) is 0 Å². The Morgan fingerprint density at radius 3 is 2.41 bits per heavy atom. The molecule has 1 fully saturated rings. The van der Waals surface area contributed by atoms with Gasteiger partial charge in [-0.3, -0.25) is 4.79 Å². The maximum Gasteiger partial charge on any atom is 0.230 e. The van der Waals surface area contributed by atoms with E-state index in [0.29, 0.717) is 11.8 Å². The molecule has 1 aliphatic rings. The Bertz CT molecular complexity index is 242. The summed E-state index contributed by atoms with van der Waals surface area (Å²) < 4.78 is 0.170. The molecule has 0 radical (unpaired) electrons. The monoisotopic (exact) mass is 258 g/mol. The minimum absolute atomic E-state index is 0.170. The molecule has 1 amide bonds. The lowest BCUT2D eigenvalue weighted by molar-refractivity contribution is -0.119. The van der Waals surface area contributed by atoms with Crippen molar-refractivity contribution in [2.45, 2.75) is 51.3 Å². The van der Waals surface area contributed by atoms with Crippen LogP contribution in [0.3, 0.4) is 0 Å². The summed E-state index contributed by atoms with van der Waals surface area (Å²) in [5.41, 5.74) is 0. The predicted octanol–water partition coefficient (Wildman–Crippen LogP) is 2.12. The normalized spacial score (nSPS) is 19.3. The van der Waals surface area contributed by atoms with Gasteiger partial charge < -0.3 is 10.2 Å². The maximum absolute atomic E-state index is 11.8. The van der Waals surface area contributed by atoms with Crippen molar-refractivity contribution in [3.8, 4) is 0 Å². The zero-order valence-electron chi connectivity index (χ0n) is 11.6. The molecule has 4 heteroatoms. The lowest BCUT2D eigenvalue weighted by atomic mass is 10.1. The molecule has 0 bridgehead atoms. The van der Waals surface area contributed by atoms with Gasteiger partial charge in [0.05, 0.1) is 5.75 Å². The first-order valence-corrected chi connectivity index (χ1v) is 7.55. The molecule has 0 spiro atoms. The van der Waals surface area contributed by atoms with Crippen LogP contribution in [0.4, 0.5) is 0 Å². The number of nitrogens with one attached hydrogen (secondary N) is 1. The number of amides is 1. The molecule has 0 aliphatic carbocycles. The first-order valence-electron chi connectivity index (χ1n) is 6.56. The van der Waals surface area contributed by atoms with E-state index >= 15 is 0 Å². The fraction of sp³-hybridized carbons (Fsp3) is 0.923. The summed E-state index contributed by atoms with van der Waals surface area (Å²) in [5.74, 6) is 0.775. The van der Waals surface area contributed by atoms with Crippen LogP contribution in [-0.2, 0) is 4.79 Å². The van der Waals surface area contributed by atoms with Crippen molar-refractivity contribution in [1.29, 1.82) is 0 Å². The SMILES string of the molecule is CCN1CCC(NC(=O)CSC(C)(C)C)CC1. The van der Waals surface area contributed by atoms with Crippen LogP contribution >= 0.6 is 11.8 Å². The second kappa shape index (κ2) is 6.64. The smallest absolute Gasteiger partial charge is 0.230 e. The standard InChI is InChI=1S/C13H26N2OS/c1-5-15-8-6-11(7-9-15)14-12(16)10-17-13(2,3)4/h11H,5-10H2,1-4H3,(H,14,16). The molecule has 1 rings (SSSR count). The van der Waals surface area contributed by atoms with Crippen LogP contribution in [-0.4, -0.2) is 47.0 Å². The lowest BCUT2D eigenvalue weighted by Gasteiger charge is -2.31.